The summed E-state index contributed by atoms with van der Waals surface area (Å²) in [5.74, 6) is -0.437. The minimum atomic E-state index is -0.939. The number of hydrogen-bond donors (Lipinski definition) is 2. The molecule has 2 N–H and O–H groups in total. The Hall–Kier alpha value is -3.49. The standard InChI is InChI=1S/C24H29N5O4/c1-15-11-23(2,3)14-24(12-15)21(32)29(22(33)27-24)13-18(30)26-17-7-5-16(6-8-17)19(31)20-25-9-10-28(20)4/h5-10,15H,11-14H2,1-4H3,(H,26,30)(H,27,33). The van der Waals surface area contributed by atoms with Gasteiger partial charge in [-0.2, -0.15) is 0 Å². The quantitative estimate of drug-likeness (QED) is 0.536. The Balaban J connectivity index is 1.41. The molecular formula is C24H29N5O4. The van der Waals surface area contributed by atoms with Crippen molar-refractivity contribution < 1.29 is 19.2 Å². The van der Waals surface area contributed by atoms with Gasteiger partial charge in [-0.15, -0.1) is 0 Å². The lowest BCUT2D eigenvalue weighted by atomic mass is 9.64. The van der Waals surface area contributed by atoms with Gasteiger partial charge in [-0.1, -0.05) is 20.8 Å². The van der Waals surface area contributed by atoms with Crippen molar-refractivity contribution in [2.24, 2.45) is 18.4 Å². The zero-order chi connectivity index (χ0) is 24.0. The molecule has 1 aromatic heterocycles. The highest BCUT2D eigenvalue weighted by atomic mass is 16.2. The number of urea groups is 1. The highest BCUT2D eigenvalue weighted by Crippen LogP contribution is 2.46. The second-order valence-electron chi connectivity index (χ2n) is 10.1. The van der Waals surface area contributed by atoms with Crippen molar-refractivity contribution in [3.8, 4) is 0 Å². The van der Waals surface area contributed by atoms with E-state index in [2.05, 4.69) is 36.4 Å². The van der Waals surface area contributed by atoms with Crippen LogP contribution in [0.2, 0.25) is 0 Å². The summed E-state index contributed by atoms with van der Waals surface area (Å²) in [5.41, 5.74) is -0.114. The van der Waals surface area contributed by atoms with E-state index >= 15 is 0 Å². The molecule has 2 heterocycles. The van der Waals surface area contributed by atoms with Crippen LogP contribution in [0.4, 0.5) is 10.5 Å². The summed E-state index contributed by atoms with van der Waals surface area (Å²) in [5, 5.41) is 5.57. The fourth-order valence-corrected chi connectivity index (χ4v) is 5.41. The number of hydrogen-bond acceptors (Lipinski definition) is 5. The van der Waals surface area contributed by atoms with E-state index in [9.17, 15) is 19.2 Å². The first-order valence-corrected chi connectivity index (χ1v) is 11.1. The Morgan fingerprint density at radius 3 is 2.48 bits per heavy atom. The first kappa shape index (κ1) is 22.7. The molecule has 2 atom stereocenters. The fourth-order valence-electron chi connectivity index (χ4n) is 5.41. The number of imide groups is 1. The van der Waals surface area contributed by atoms with E-state index in [1.807, 2.05) is 0 Å². The number of carbonyl (C=O) groups excluding carboxylic acids is 4. The molecule has 33 heavy (non-hydrogen) atoms. The van der Waals surface area contributed by atoms with Gasteiger partial charge in [0, 0.05) is 30.7 Å². The van der Waals surface area contributed by atoms with Crippen LogP contribution in [-0.4, -0.2) is 50.2 Å². The van der Waals surface area contributed by atoms with Crippen LogP contribution in [-0.2, 0) is 16.6 Å². The molecule has 4 amide bonds. The Morgan fingerprint density at radius 1 is 1.18 bits per heavy atom. The SMILES string of the molecule is CC1CC(C)(C)CC2(C1)NC(=O)N(CC(=O)Nc1ccc(C(=O)c3nccn3C)cc1)C2=O. The van der Waals surface area contributed by atoms with Crippen LogP contribution >= 0.6 is 0 Å². The molecule has 2 aromatic rings. The molecule has 174 valence electrons. The average molecular weight is 452 g/mol. The second-order valence-corrected chi connectivity index (χ2v) is 10.1. The van der Waals surface area contributed by atoms with Crippen molar-refractivity contribution in [1.29, 1.82) is 0 Å². The molecule has 0 radical (unpaired) electrons. The van der Waals surface area contributed by atoms with Gasteiger partial charge >= 0.3 is 6.03 Å². The summed E-state index contributed by atoms with van der Waals surface area (Å²) in [4.78, 5) is 56.0. The van der Waals surface area contributed by atoms with Gasteiger partial charge in [0.05, 0.1) is 0 Å². The highest BCUT2D eigenvalue weighted by Gasteiger charge is 2.56. The van der Waals surface area contributed by atoms with Crippen LogP contribution < -0.4 is 10.6 Å². The Bertz CT molecular complexity index is 1120. The predicted molar refractivity (Wildman–Crippen MR) is 121 cm³/mol. The van der Waals surface area contributed by atoms with Gasteiger partial charge in [-0.3, -0.25) is 19.3 Å². The Morgan fingerprint density at radius 2 is 1.88 bits per heavy atom. The van der Waals surface area contributed by atoms with Crippen LogP contribution in [0.5, 0.6) is 0 Å². The monoisotopic (exact) mass is 451 g/mol. The Labute approximate surface area is 192 Å². The molecule has 9 heteroatoms. The minimum absolute atomic E-state index is 0.0764. The molecule has 1 saturated heterocycles. The van der Waals surface area contributed by atoms with Crippen LogP contribution in [0.1, 0.15) is 56.2 Å². The van der Waals surface area contributed by atoms with E-state index in [0.717, 1.165) is 11.3 Å². The molecule has 2 unspecified atom stereocenters. The van der Waals surface area contributed by atoms with E-state index < -0.39 is 17.5 Å². The first-order valence-electron chi connectivity index (χ1n) is 11.1. The summed E-state index contributed by atoms with van der Waals surface area (Å²) >= 11 is 0. The molecule has 9 nitrogen and oxygen atoms in total. The molecule has 1 aliphatic carbocycles. The number of ketones is 1. The van der Waals surface area contributed by atoms with Gasteiger partial charge in [0.15, 0.2) is 5.82 Å². The van der Waals surface area contributed by atoms with Crippen LogP contribution in [0.25, 0.3) is 0 Å². The molecule has 1 aromatic carbocycles. The molecule has 1 saturated carbocycles. The number of rotatable bonds is 5. The third-order valence-electron chi connectivity index (χ3n) is 6.38. The number of aromatic nitrogens is 2. The van der Waals surface area contributed by atoms with E-state index in [1.54, 1.807) is 48.3 Å². The zero-order valence-electron chi connectivity index (χ0n) is 19.3. The number of benzene rings is 1. The van der Waals surface area contributed by atoms with Gasteiger partial charge in [0.1, 0.15) is 12.1 Å². The van der Waals surface area contributed by atoms with Gasteiger partial charge < -0.3 is 15.2 Å². The normalized spacial score (nSPS) is 24.1. The molecule has 1 aliphatic heterocycles. The summed E-state index contributed by atoms with van der Waals surface area (Å²) < 4.78 is 1.64. The lowest BCUT2D eigenvalue weighted by molar-refractivity contribution is -0.136. The molecule has 4 rings (SSSR count). The number of anilines is 1. The Kier molecular flexibility index (Phi) is 5.59. The largest absolute Gasteiger partial charge is 0.331 e. The smallest absolute Gasteiger partial charge is 0.325 e. The van der Waals surface area contributed by atoms with E-state index in [-0.39, 0.29) is 23.7 Å². The fraction of sp³-hybridized carbons (Fsp3) is 0.458. The second kappa shape index (κ2) is 8.13. The van der Waals surface area contributed by atoms with Crippen molar-refractivity contribution >= 4 is 29.3 Å². The third kappa shape index (κ3) is 4.40. The number of amides is 4. The first-order chi connectivity index (χ1) is 15.5. The predicted octanol–water partition coefficient (Wildman–Crippen LogP) is 2.73. The van der Waals surface area contributed by atoms with Crippen LogP contribution in [0.15, 0.2) is 36.7 Å². The van der Waals surface area contributed by atoms with Crippen molar-refractivity contribution in [1.82, 2.24) is 19.8 Å². The van der Waals surface area contributed by atoms with Crippen molar-refractivity contribution in [3.05, 3.63) is 48.0 Å². The van der Waals surface area contributed by atoms with Crippen LogP contribution in [0, 0.1) is 11.3 Å². The lowest BCUT2D eigenvalue weighted by Crippen LogP contribution is -2.54. The molecule has 2 aliphatic rings. The molecule has 0 bridgehead atoms. The average Bonchev–Trinajstić information content (AvgIpc) is 3.23. The van der Waals surface area contributed by atoms with Gasteiger partial charge in [-0.25, -0.2) is 9.78 Å². The van der Waals surface area contributed by atoms with Crippen LogP contribution in [0.3, 0.4) is 0 Å². The third-order valence-corrected chi connectivity index (χ3v) is 6.38. The maximum atomic E-state index is 13.2. The van der Waals surface area contributed by atoms with Crippen molar-refractivity contribution in [2.45, 2.75) is 45.6 Å². The van der Waals surface area contributed by atoms with Crippen molar-refractivity contribution in [3.63, 3.8) is 0 Å². The van der Waals surface area contributed by atoms with E-state index in [0.29, 0.717) is 35.8 Å². The molecular weight excluding hydrogens is 422 g/mol. The maximum absolute atomic E-state index is 13.2. The van der Waals surface area contributed by atoms with Gasteiger partial charge in [-0.05, 0) is 54.9 Å². The number of nitrogens with zero attached hydrogens (tertiary/aromatic N) is 3. The molecule has 2 fully saturated rings. The number of nitrogens with one attached hydrogen (secondary N) is 2. The lowest BCUT2D eigenvalue weighted by Gasteiger charge is -2.43. The number of carbonyl (C=O) groups is 4. The molecule has 1 spiro atoms. The summed E-state index contributed by atoms with van der Waals surface area (Å²) in [6.45, 7) is 5.91. The topological polar surface area (TPSA) is 113 Å². The highest BCUT2D eigenvalue weighted by molar-refractivity contribution is 6.10. The van der Waals surface area contributed by atoms with E-state index in [1.165, 1.54) is 0 Å². The number of aryl methyl sites for hydroxylation is 1. The summed E-state index contributed by atoms with van der Waals surface area (Å²) in [6, 6.07) is 5.87. The van der Waals surface area contributed by atoms with Crippen molar-refractivity contribution in [2.75, 3.05) is 11.9 Å². The summed E-state index contributed by atoms with van der Waals surface area (Å²) in [7, 11) is 1.74. The van der Waals surface area contributed by atoms with E-state index in [4.69, 9.17) is 0 Å². The minimum Gasteiger partial charge on any atom is -0.331 e. The number of imidazole rings is 1. The summed E-state index contributed by atoms with van der Waals surface area (Å²) in [6.07, 6.45) is 5.35. The van der Waals surface area contributed by atoms with Gasteiger partial charge in [0.25, 0.3) is 5.91 Å². The maximum Gasteiger partial charge on any atom is 0.325 e. The zero-order valence-corrected chi connectivity index (χ0v) is 19.3. The van der Waals surface area contributed by atoms with Gasteiger partial charge in [0.2, 0.25) is 11.7 Å².